The first-order valence-electron chi connectivity index (χ1n) is 9.01. The molecule has 0 saturated heterocycles. The van der Waals surface area contributed by atoms with E-state index < -0.39 is 23.4 Å². The van der Waals surface area contributed by atoms with Crippen molar-refractivity contribution in [3.8, 4) is 0 Å². The number of hydrogen-bond donors (Lipinski definition) is 3. The van der Waals surface area contributed by atoms with E-state index in [1.165, 1.54) is 6.07 Å². The topological polar surface area (TPSA) is 116 Å². The molecule has 28 heavy (non-hydrogen) atoms. The van der Waals surface area contributed by atoms with Crippen LogP contribution in [0.2, 0.25) is 0 Å². The van der Waals surface area contributed by atoms with Crippen molar-refractivity contribution in [1.82, 2.24) is 4.98 Å². The molecule has 1 aromatic heterocycles. The molecular formula is C21H22N2O5. The predicted octanol–water partition coefficient (Wildman–Crippen LogP) is 2.97. The highest BCUT2D eigenvalue weighted by Gasteiger charge is 2.32. The second-order valence-electron chi connectivity index (χ2n) is 7.98. The summed E-state index contributed by atoms with van der Waals surface area (Å²) in [5.41, 5.74) is 1.07. The molecule has 0 bridgehead atoms. The van der Waals surface area contributed by atoms with E-state index in [4.69, 9.17) is 5.11 Å². The molecule has 146 valence electrons. The molecule has 0 fully saturated rings. The number of rotatable bonds is 4. The fraction of sp³-hybridized carbons (Fsp3) is 0.333. The molecule has 1 heterocycles. The summed E-state index contributed by atoms with van der Waals surface area (Å²) in [6.07, 6.45) is 0.921. The maximum absolute atomic E-state index is 12.5. The lowest BCUT2D eigenvalue weighted by Gasteiger charge is -2.29. The Morgan fingerprint density at radius 1 is 1.14 bits per heavy atom. The van der Waals surface area contributed by atoms with Gasteiger partial charge >= 0.3 is 5.97 Å². The Kier molecular flexibility index (Phi) is 4.93. The number of fused-ring (bicyclic) bond motifs is 1. The van der Waals surface area contributed by atoms with E-state index in [0.29, 0.717) is 35.3 Å². The number of carbonyl (C=O) groups is 3. The second kappa shape index (κ2) is 7.07. The number of hydrogen-bond acceptors (Lipinski definition) is 4. The maximum atomic E-state index is 12.5. The minimum absolute atomic E-state index is 0.0939. The molecule has 1 aromatic carbocycles. The summed E-state index contributed by atoms with van der Waals surface area (Å²) in [5.74, 6) is -2.32. The van der Waals surface area contributed by atoms with Gasteiger partial charge in [-0.05, 0) is 42.5 Å². The van der Waals surface area contributed by atoms with E-state index in [9.17, 15) is 19.2 Å². The lowest BCUT2D eigenvalue weighted by molar-refractivity contribution is -0.138. The first-order valence-corrected chi connectivity index (χ1v) is 9.01. The number of pyridine rings is 1. The fourth-order valence-corrected chi connectivity index (χ4v) is 3.39. The van der Waals surface area contributed by atoms with E-state index in [1.54, 1.807) is 31.2 Å². The van der Waals surface area contributed by atoms with Crippen LogP contribution in [0.25, 0.3) is 0 Å². The summed E-state index contributed by atoms with van der Waals surface area (Å²) in [5, 5.41) is 11.7. The van der Waals surface area contributed by atoms with Crippen LogP contribution in [-0.2, 0) is 11.2 Å². The number of H-pyrrole nitrogens is 1. The van der Waals surface area contributed by atoms with Gasteiger partial charge in [0.05, 0.1) is 5.92 Å². The number of aromatic amines is 1. The Balaban J connectivity index is 1.84. The molecule has 2 aromatic rings. The molecule has 3 N–H and O–H groups in total. The zero-order valence-corrected chi connectivity index (χ0v) is 16.0. The molecule has 0 radical (unpaired) electrons. The third-order valence-electron chi connectivity index (χ3n) is 5.00. The number of amides is 1. The van der Waals surface area contributed by atoms with Gasteiger partial charge in [0, 0.05) is 23.4 Å². The van der Waals surface area contributed by atoms with Crippen molar-refractivity contribution in [3.05, 3.63) is 63.1 Å². The van der Waals surface area contributed by atoms with Crippen LogP contribution < -0.4 is 10.9 Å². The number of benzene rings is 1. The molecule has 1 atom stereocenters. The van der Waals surface area contributed by atoms with E-state index in [1.807, 2.05) is 13.8 Å². The molecule has 1 amide bonds. The van der Waals surface area contributed by atoms with Gasteiger partial charge in [0.15, 0.2) is 5.78 Å². The normalized spacial score (nSPS) is 16.2. The summed E-state index contributed by atoms with van der Waals surface area (Å²) in [6, 6.07) is 7.73. The van der Waals surface area contributed by atoms with Crippen LogP contribution in [0.3, 0.4) is 0 Å². The van der Waals surface area contributed by atoms with Crippen LogP contribution in [0.15, 0.2) is 35.1 Å². The molecule has 1 aliphatic rings. The molecular weight excluding hydrogens is 360 g/mol. The van der Waals surface area contributed by atoms with Crippen LogP contribution in [0.1, 0.15) is 65.1 Å². The number of aliphatic carboxylic acids is 1. The standard InChI is InChI=1S/C21H22N2O5/c1-11(20(27)28)12-4-6-13(7-5-12)22-18(25)15-8-14-16(23-19(15)26)9-21(2,3)10-17(14)24/h4-8,11H,9-10H2,1-3H3,(H,22,25)(H,23,26)(H,27,28). The number of aromatic nitrogens is 1. The van der Waals surface area contributed by atoms with Gasteiger partial charge < -0.3 is 15.4 Å². The van der Waals surface area contributed by atoms with Gasteiger partial charge in [-0.2, -0.15) is 0 Å². The van der Waals surface area contributed by atoms with Crippen molar-refractivity contribution in [2.24, 2.45) is 5.41 Å². The SMILES string of the molecule is CC(C(=O)O)c1ccc(NC(=O)c2cc3c([nH]c2=O)CC(C)(C)CC3=O)cc1. The quantitative estimate of drug-likeness (QED) is 0.752. The van der Waals surface area contributed by atoms with Crippen molar-refractivity contribution in [1.29, 1.82) is 0 Å². The third-order valence-corrected chi connectivity index (χ3v) is 5.00. The van der Waals surface area contributed by atoms with Gasteiger partial charge in [0.1, 0.15) is 5.56 Å². The minimum atomic E-state index is -0.940. The number of ketones is 1. The van der Waals surface area contributed by atoms with Crippen molar-refractivity contribution in [3.63, 3.8) is 0 Å². The zero-order valence-electron chi connectivity index (χ0n) is 16.0. The molecule has 3 rings (SSSR count). The molecule has 7 heteroatoms. The smallest absolute Gasteiger partial charge is 0.310 e. The number of carboxylic acids is 1. The Hall–Kier alpha value is -3.22. The maximum Gasteiger partial charge on any atom is 0.310 e. The van der Waals surface area contributed by atoms with Crippen LogP contribution in [-0.4, -0.2) is 27.8 Å². The third kappa shape index (κ3) is 3.88. The average molecular weight is 382 g/mol. The van der Waals surface area contributed by atoms with E-state index in [2.05, 4.69) is 10.3 Å². The molecule has 1 unspecified atom stereocenters. The van der Waals surface area contributed by atoms with Gasteiger partial charge in [-0.15, -0.1) is 0 Å². The second-order valence-corrected chi connectivity index (χ2v) is 7.98. The van der Waals surface area contributed by atoms with Crippen LogP contribution in [0.5, 0.6) is 0 Å². The fourth-order valence-electron chi connectivity index (χ4n) is 3.39. The largest absolute Gasteiger partial charge is 0.481 e. The minimum Gasteiger partial charge on any atom is -0.481 e. The predicted molar refractivity (Wildman–Crippen MR) is 104 cm³/mol. The molecule has 0 aliphatic heterocycles. The van der Waals surface area contributed by atoms with Crippen molar-refractivity contribution in [2.75, 3.05) is 5.32 Å². The van der Waals surface area contributed by atoms with Gasteiger partial charge in [-0.25, -0.2) is 0 Å². The summed E-state index contributed by atoms with van der Waals surface area (Å²) in [4.78, 5) is 51.0. The van der Waals surface area contributed by atoms with Crippen LogP contribution in [0, 0.1) is 5.41 Å². The van der Waals surface area contributed by atoms with Crippen LogP contribution in [0.4, 0.5) is 5.69 Å². The Morgan fingerprint density at radius 2 is 1.79 bits per heavy atom. The number of carboxylic acid groups (broad SMARTS) is 1. The monoisotopic (exact) mass is 382 g/mol. The first-order chi connectivity index (χ1) is 13.1. The first kappa shape index (κ1) is 19.5. The number of Topliss-reactive ketones (excluding diaryl/α,β-unsaturated/α-hetero) is 1. The molecule has 0 saturated carbocycles. The zero-order chi connectivity index (χ0) is 20.6. The van der Waals surface area contributed by atoms with Crippen molar-refractivity contribution >= 4 is 23.3 Å². The Labute approximate surface area is 161 Å². The lowest BCUT2D eigenvalue weighted by Crippen LogP contribution is -2.32. The summed E-state index contributed by atoms with van der Waals surface area (Å²) >= 11 is 0. The van der Waals surface area contributed by atoms with Gasteiger partial charge in [-0.1, -0.05) is 26.0 Å². The average Bonchev–Trinajstić information content (AvgIpc) is 2.60. The molecule has 1 aliphatic carbocycles. The number of nitrogens with one attached hydrogen (secondary N) is 2. The number of anilines is 1. The molecule has 0 spiro atoms. The summed E-state index contributed by atoms with van der Waals surface area (Å²) in [6.45, 7) is 5.49. The van der Waals surface area contributed by atoms with Gasteiger partial charge in [-0.3, -0.25) is 19.2 Å². The summed E-state index contributed by atoms with van der Waals surface area (Å²) in [7, 11) is 0. The Bertz CT molecular complexity index is 1020. The summed E-state index contributed by atoms with van der Waals surface area (Å²) < 4.78 is 0. The number of carbonyl (C=O) groups excluding carboxylic acids is 2. The van der Waals surface area contributed by atoms with Crippen LogP contribution >= 0.6 is 0 Å². The highest BCUT2D eigenvalue weighted by molar-refractivity contribution is 6.06. The highest BCUT2D eigenvalue weighted by atomic mass is 16.4. The van der Waals surface area contributed by atoms with E-state index >= 15 is 0 Å². The Morgan fingerprint density at radius 3 is 2.39 bits per heavy atom. The highest BCUT2D eigenvalue weighted by Crippen LogP contribution is 2.33. The lowest BCUT2D eigenvalue weighted by atomic mass is 9.75. The van der Waals surface area contributed by atoms with Gasteiger partial charge in [0.25, 0.3) is 11.5 Å². The van der Waals surface area contributed by atoms with Crippen molar-refractivity contribution in [2.45, 2.75) is 39.5 Å². The van der Waals surface area contributed by atoms with E-state index in [0.717, 1.165) is 0 Å². The molecule has 7 nitrogen and oxygen atoms in total. The van der Waals surface area contributed by atoms with Crippen molar-refractivity contribution < 1.29 is 19.5 Å². The van der Waals surface area contributed by atoms with Gasteiger partial charge in [0.2, 0.25) is 0 Å². The van der Waals surface area contributed by atoms with E-state index in [-0.39, 0.29) is 16.8 Å².